The van der Waals surface area contributed by atoms with E-state index < -0.39 is 0 Å². The molecule has 0 N–H and O–H groups in total. The molecule has 0 amide bonds. The molecule has 0 aliphatic heterocycles. The van der Waals surface area contributed by atoms with Gasteiger partial charge >= 0.3 is 0 Å². The van der Waals surface area contributed by atoms with E-state index in [2.05, 4.69) is 10.0 Å². The van der Waals surface area contributed by atoms with E-state index in [0.717, 1.165) is 0 Å². The van der Waals surface area contributed by atoms with Crippen LogP contribution in [0.3, 0.4) is 0 Å². The summed E-state index contributed by atoms with van der Waals surface area (Å²) in [5.74, 6) is -0.0867. The lowest BCUT2D eigenvalue weighted by Gasteiger charge is -1.98. The SMILES string of the molecule is [N-]=[N+]=Nc1ccccc1C=CC(=O)c1ccccc1. The summed E-state index contributed by atoms with van der Waals surface area (Å²) in [7, 11) is 0. The van der Waals surface area contributed by atoms with Gasteiger partial charge in [-0.05, 0) is 17.2 Å². The number of rotatable bonds is 4. The number of benzene rings is 2. The van der Waals surface area contributed by atoms with Gasteiger partial charge in [0.1, 0.15) is 0 Å². The van der Waals surface area contributed by atoms with Crippen LogP contribution in [0.1, 0.15) is 15.9 Å². The van der Waals surface area contributed by atoms with Crippen LogP contribution >= 0.6 is 0 Å². The summed E-state index contributed by atoms with van der Waals surface area (Å²) in [6.45, 7) is 0. The summed E-state index contributed by atoms with van der Waals surface area (Å²) in [6, 6.07) is 16.1. The van der Waals surface area contributed by atoms with Crippen molar-refractivity contribution >= 4 is 17.5 Å². The maximum Gasteiger partial charge on any atom is 0.185 e. The molecule has 0 saturated heterocycles. The van der Waals surface area contributed by atoms with Crippen molar-refractivity contribution in [2.75, 3.05) is 0 Å². The van der Waals surface area contributed by atoms with Crippen LogP contribution in [0.2, 0.25) is 0 Å². The summed E-state index contributed by atoms with van der Waals surface area (Å²) >= 11 is 0. The average Bonchev–Trinajstić information content (AvgIpc) is 2.47. The minimum Gasteiger partial charge on any atom is -0.289 e. The first-order chi connectivity index (χ1) is 9.31. The Morgan fingerprint density at radius 2 is 1.74 bits per heavy atom. The summed E-state index contributed by atoms with van der Waals surface area (Å²) < 4.78 is 0. The molecule has 0 aliphatic carbocycles. The molecule has 92 valence electrons. The summed E-state index contributed by atoms with van der Waals surface area (Å²) in [4.78, 5) is 14.7. The van der Waals surface area contributed by atoms with E-state index in [-0.39, 0.29) is 5.78 Å². The first kappa shape index (κ1) is 12.6. The van der Waals surface area contributed by atoms with Crippen molar-refractivity contribution in [3.8, 4) is 0 Å². The van der Waals surface area contributed by atoms with Crippen molar-refractivity contribution in [2.45, 2.75) is 0 Å². The molecule has 0 bridgehead atoms. The Balaban J connectivity index is 2.24. The molecule has 19 heavy (non-hydrogen) atoms. The van der Waals surface area contributed by atoms with Gasteiger partial charge in [0.25, 0.3) is 0 Å². The Kier molecular flexibility index (Phi) is 4.11. The van der Waals surface area contributed by atoms with Crippen LogP contribution in [0.25, 0.3) is 16.5 Å². The van der Waals surface area contributed by atoms with Gasteiger partial charge in [0.2, 0.25) is 0 Å². The molecule has 0 unspecified atom stereocenters. The molecule has 0 radical (unpaired) electrons. The lowest BCUT2D eigenvalue weighted by molar-refractivity contribution is 0.104. The topological polar surface area (TPSA) is 65.8 Å². The van der Waals surface area contributed by atoms with Crippen LogP contribution < -0.4 is 0 Å². The van der Waals surface area contributed by atoms with Gasteiger partial charge in [0.05, 0.1) is 0 Å². The Morgan fingerprint density at radius 1 is 1.05 bits per heavy atom. The van der Waals surface area contributed by atoms with Gasteiger partial charge in [-0.15, -0.1) is 0 Å². The van der Waals surface area contributed by atoms with Crippen LogP contribution in [0.4, 0.5) is 5.69 Å². The summed E-state index contributed by atoms with van der Waals surface area (Å²) in [5, 5.41) is 3.58. The first-order valence-corrected chi connectivity index (χ1v) is 5.73. The van der Waals surface area contributed by atoms with Gasteiger partial charge in [0.15, 0.2) is 5.78 Å². The zero-order chi connectivity index (χ0) is 13.5. The third-order valence-electron chi connectivity index (χ3n) is 2.56. The second-order valence-corrected chi connectivity index (χ2v) is 3.81. The number of azide groups is 1. The van der Waals surface area contributed by atoms with E-state index in [4.69, 9.17) is 5.53 Å². The first-order valence-electron chi connectivity index (χ1n) is 5.73. The molecule has 2 aromatic carbocycles. The van der Waals surface area contributed by atoms with E-state index in [1.54, 1.807) is 36.4 Å². The number of hydrogen-bond acceptors (Lipinski definition) is 2. The van der Waals surface area contributed by atoms with Gasteiger partial charge in [-0.25, -0.2) is 0 Å². The van der Waals surface area contributed by atoms with Crippen LogP contribution in [-0.2, 0) is 0 Å². The number of allylic oxidation sites excluding steroid dienone is 1. The van der Waals surface area contributed by atoms with Crippen molar-refractivity contribution in [1.82, 2.24) is 0 Å². The highest BCUT2D eigenvalue weighted by Gasteiger charge is 2.00. The molecular weight excluding hydrogens is 238 g/mol. The Labute approximate surface area is 110 Å². The highest BCUT2D eigenvalue weighted by atomic mass is 16.1. The Hall–Kier alpha value is -2.84. The molecule has 0 spiro atoms. The predicted octanol–water partition coefficient (Wildman–Crippen LogP) is 4.52. The van der Waals surface area contributed by atoms with E-state index in [1.165, 1.54) is 6.08 Å². The van der Waals surface area contributed by atoms with Crippen LogP contribution in [0.15, 0.2) is 65.8 Å². The third-order valence-corrected chi connectivity index (χ3v) is 2.56. The van der Waals surface area contributed by atoms with Gasteiger partial charge in [-0.3, -0.25) is 4.79 Å². The number of carbonyl (C=O) groups is 1. The van der Waals surface area contributed by atoms with Gasteiger partial charge in [0, 0.05) is 16.2 Å². The number of hydrogen-bond donors (Lipinski definition) is 0. The second-order valence-electron chi connectivity index (χ2n) is 3.81. The molecule has 0 aromatic heterocycles. The van der Waals surface area contributed by atoms with Gasteiger partial charge in [-0.2, -0.15) is 0 Å². The molecule has 0 aliphatic rings. The van der Waals surface area contributed by atoms with Crippen molar-refractivity contribution in [3.63, 3.8) is 0 Å². The summed E-state index contributed by atoms with van der Waals surface area (Å²) in [6.07, 6.45) is 3.13. The molecule has 4 nitrogen and oxygen atoms in total. The zero-order valence-corrected chi connectivity index (χ0v) is 10.1. The van der Waals surface area contributed by atoms with Gasteiger partial charge < -0.3 is 0 Å². The minimum absolute atomic E-state index is 0.0867. The molecular formula is C15H11N3O. The quantitative estimate of drug-likeness (QED) is 0.258. The molecule has 0 atom stereocenters. The molecule has 2 rings (SSSR count). The predicted molar refractivity (Wildman–Crippen MR) is 75.1 cm³/mol. The number of ketones is 1. The minimum atomic E-state index is -0.0867. The third kappa shape index (κ3) is 3.31. The largest absolute Gasteiger partial charge is 0.289 e. The van der Waals surface area contributed by atoms with Crippen LogP contribution in [0.5, 0.6) is 0 Å². The van der Waals surface area contributed by atoms with Crippen molar-refractivity contribution in [3.05, 3.63) is 82.2 Å². The highest BCUT2D eigenvalue weighted by Crippen LogP contribution is 2.20. The molecule has 2 aromatic rings. The van der Waals surface area contributed by atoms with E-state index in [0.29, 0.717) is 16.8 Å². The molecule has 0 heterocycles. The maximum atomic E-state index is 11.9. The van der Waals surface area contributed by atoms with Crippen LogP contribution in [-0.4, -0.2) is 5.78 Å². The van der Waals surface area contributed by atoms with Crippen molar-refractivity contribution in [1.29, 1.82) is 0 Å². The lowest BCUT2D eigenvalue weighted by atomic mass is 10.1. The maximum absolute atomic E-state index is 11.9. The van der Waals surface area contributed by atoms with Crippen LogP contribution in [0, 0.1) is 0 Å². The Bertz CT molecular complexity index is 656. The van der Waals surface area contributed by atoms with Gasteiger partial charge in [-0.1, -0.05) is 65.8 Å². The second kappa shape index (κ2) is 6.19. The smallest absolute Gasteiger partial charge is 0.185 e. The fraction of sp³-hybridized carbons (Fsp3) is 0. The number of nitrogens with zero attached hydrogens (tertiary/aromatic N) is 3. The lowest BCUT2D eigenvalue weighted by Crippen LogP contribution is -1.92. The zero-order valence-electron chi connectivity index (χ0n) is 10.1. The van der Waals surface area contributed by atoms with E-state index in [1.807, 2.05) is 24.3 Å². The molecule has 0 fully saturated rings. The fourth-order valence-corrected chi connectivity index (χ4v) is 1.63. The standard InChI is InChI=1S/C15H11N3O/c16-18-17-14-9-5-4-6-12(14)10-11-15(19)13-7-2-1-3-8-13/h1-11H. The Morgan fingerprint density at radius 3 is 2.47 bits per heavy atom. The summed E-state index contributed by atoms with van der Waals surface area (Å²) in [5.41, 5.74) is 10.3. The normalized spacial score (nSPS) is 10.1. The highest BCUT2D eigenvalue weighted by molar-refractivity contribution is 6.07. The monoisotopic (exact) mass is 249 g/mol. The average molecular weight is 249 g/mol. The molecule has 0 saturated carbocycles. The van der Waals surface area contributed by atoms with E-state index in [9.17, 15) is 4.79 Å². The van der Waals surface area contributed by atoms with E-state index >= 15 is 0 Å². The van der Waals surface area contributed by atoms with Crippen molar-refractivity contribution in [2.24, 2.45) is 5.11 Å². The van der Waals surface area contributed by atoms with Crippen molar-refractivity contribution < 1.29 is 4.79 Å². The fourth-order valence-electron chi connectivity index (χ4n) is 1.63. The molecule has 4 heteroatoms. The number of carbonyl (C=O) groups excluding carboxylic acids is 1.